The maximum atomic E-state index is 6.01. The van der Waals surface area contributed by atoms with E-state index in [9.17, 15) is 0 Å². The summed E-state index contributed by atoms with van der Waals surface area (Å²) in [4.78, 5) is 9.48. The first-order valence-electron chi connectivity index (χ1n) is 10.8. The highest BCUT2D eigenvalue weighted by atomic mass is 127. The van der Waals surface area contributed by atoms with Gasteiger partial charge in [0.2, 0.25) is 0 Å². The van der Waals surface area contributed by atoms with Gasteiger partial charge < -0.3 is 15.8 Å². The second kappa shape index (κ2) is 13.4. The second-order valence-electron chi connectivity index (χ2n) is 8.23. The predicted molar refractivity (Wildman–Crippen MR) is 131 cm³/mol. The number of morpholine rings is 1. The molecule has 1 aromatic carbocycles. The van der Waals surface area contributed by atoms with Crippen LogP contribution in [-0.2, 0) is 17.8 Å². The van der Waals surface area contributed by atoms with Crippen LogP contribution in [0.4, 0.5) is 0 Å². The number of benzene rings is 1. The number of nitrogens with one attached hydrogen (secondary N) is 1. The lowest BCUT2D eigenvalue weighted by Crippen LogP contribution is -2.39. The van der Waals surface area contributed by atoms with E-state index in [2.05, 4.69) is 51.3 Å². The molecule has 0 bridgehead atoms. The van der Waals surface area contributed by atoms with Crippen molar-refractivity contribution in [2.24, 2.45) is 16.6 Å². The van der Waals surface area contributed by atoms with Crippen LogP contribution < -0.4 is 11.1 Å². The average Bonchev–Trinajstić information content (AvgIpc) is 2.71. The van der Waals surface area contributed by atoms with Gasteiger partial charge in [-0.1, -0.05) is 31.2 Å². The molecule has 2 saturated heterocycles. The monoisotopic (exact) mass is 515 g/mol. The molecule has 3 rings (SSSR count). The third kappa shape index (κ3) is 9.19. The molecule has 1 unspecified atom stereocenters. The largest absolute Gasteiger partial charge is 0.379 e. The number of guanidine groups is 1. The fourth-order valence-electron chi connectivity index (χ4n) is 4.01. The maximum absolute atomic E-state index is 6.01. The number of piperidine rings is 1. The Labute approximate surface area is 193 Å². The molecule has 6 nitrogen and oxygen atoms in total. The molecule has 1 aromatic rings. The van der Waals surface area contributed by atoms with Crippen LogP contribution in [0.5, 0.6) is 0 Å². The summed E-state index contributed by atoms with van der Waals surface area (Å²) in [5, 5.41) is 3.23. The highest BCUT2D eigenvalue weighted by molar-refractivity contribution is 14.0. The van der Waals surface area contributed by atoms with E-state index in [1.54, 1.807) is 0 Å². The van der Waals surface area contributed by atoms with Gasteiger partial charge in [-0.2, -0.15) is 0 Å². The molecule has 2 fully saturated rings. The number of rotatable bonds is 8. The Bertz CT molecular complexity index is 604. The van der Waals surface area contributed by atoms with Crippen molar-refractivity contribution >= 4 is 29.9 Å². The number of ether oxygens (including phenoxy) is 1. The molecule has 0 aromatic heterocycles. The third-order valence-corrected chi connectivity index (χ3v) is 5.66. The molecule has 0 saturated carbocycles. The molecule has 2 heterocycles. The summed E-state index contributed by atoms with van der Waals surface area (Å²) in [6, 6.07) is 8.82. The number of nitrogens with two attached hydrogens (primary N) is 1. The van der Waals surface area contributed by atoms with Gasteiger partial charge in [-0.25, -0.2) is 4.99 Å². The van der Waals surface area contributed by atoms with Crippen molar-refractivity contribution in [1.82, 2.24) is 15.1 Å². The summed E-state index contributed by atoms with van der Waals surface area (Å²) in [6.07, 6.45) is 3.77. The minimum Gasteiger partial charge on any atom is -0.379 e. The number of hydrogen-bond donors (Lipinski definition) is 2. The third-order valence-electron chi connectivity index (χ3n) is 5.66. The Morgan fingerprint density at radius 2 is 1.86 bits per heavy atom. The molecule has 164 valence electrons. The first-order valence-corrected chi connectivity index (χ1v) is 10.8. The number of likely N-dealkylation sites (tertiary alicyclic amines) is 1. The molecular formula is C22H38IN5O. The Morgan fingerprint density at radius 1 is 1.14 bits per heavy atom. The molecule has 0 amide bonds. The van der Waals surface area contributed by atoms with Crippen molar-refractivity contribution in [1.29, 1.82) is 0 Å². The minimum absolute atomic E-state index is 0. The Hall–Kier alpha value is -0.900. The van der Waals surface area contributed by atoms with Gasteiger partial charge in [0.1, 0.15) is 0 Å². The van der Waals surface area contributed by atoms with Gasteiger partial charge in [-0.15, -0.1) is 24.0 Å². The van der Waals surface area contributed by atoms with Gasteiger partial charge in [-0.05, 0) is 49.4 Å². The summed E-state index contributed by atoms with van der Waals surface area (Å²) < 4.78 is 5.37. The number of aliphatic imine (C=N–C) groups is 1. The van der Waals surface area contributed by atoms with Crippen molar-refractivity contribution in [2.45, 2.75) is 39.3 Å². The lowest BCUT2D eigenvalue weighted by atomic mass is 9.99. The van der Waals surface area contributed by atoms with E-state index in [0.29, 0.717) is 12.5 Å². The van der Waals surface area contributed by atoms with Gasteiger partial charge >= 0.3 is 0 Å². The lowest BCUT2D eigenvalue weighted by Gasteiger charge is -2.30. The number of nitrogens with zero attached hydrogens (tertiary/aromatic N) is 3. The van der Waals surface area contributed by atoms with E-state index >= 15 is 0 Å². The minimum atomic E-state index is 0. The van der Waals surface area contributed by atoms with E-state index in [-0.39, 0.29) is 24.0 Å². The SMILES string of the molecule is CC1CCCN(Cc2ccc(CN=C(N)NCCCN3CCOCC3)cc2)C1.I. The Morgan fingerprint density at radius 3 is 2.59 bits per heavy atom. The zero-order valence-corrected chi connectivity index (χ0v) is 20.1. The molecule has 1 atom stereocenters. The van der Waals surface area contributed by atoms with E-state index in [4.69, 9.17) is 10.5 Å². The topological polar surface area (TPSA) is 66.1 Å². The van der Waals surface area contributed by atoms with Crippen molar-refractivity contribution in [2.75, 3.05) is 52.5 Å². The molecule has 2 aliphatic rings. The summed E-state index contributed by atoms with van der Waals surface area (Å²) >= 11 is 0. The smallest absolute Gasteiger partial charge is 0.188 e. The molecule has 0 radical (unpaired) electrons. The molecular weight excluding hydrogens is 477 g/mol. The van der Waals surface area contributed by atoms with E-state index in [1.165, 1.54) is 37.1 Å². The molecule has 2 aliphatic heterocycles. The van der Waals surface area contributed by atoms with Crippen LogP contribution >= 0.6 is 24.0 Å². The molecule has 29 heavy (non-hydrogen) atoms. The first-order chi connectivity index (χ1) is 13.7. The highest BCUT2D eigenvalue weighted by Gasteiger charge is 2.16. The van der Waals surface area contributed by atoms with Gasteiger partial charge in [-0.3, -0.25) is 9.80 Å². The summed E-state index contributed by atoms with van der Waals surface area (Å²) in [5.74, 6) is 1.36. The second-order valence-corrected chi connectivity index (χ2v) is 8.23. The fourth-order valence-corrected chi connectivity index (χ4v) is 4.01. The van der Waals surface area contributed by atoms with Gasteiger partial charge in [0.25, 0.3) is 0 Å². The zero-order chi connectivity index (χ0) is 19.6. The maximum Gasteiger partial charge on any atom is 0.188 e. The Kier molecular flexibility index (Phi) is 11.3. The molecule has 0 spiro atoms. The van der Waals surface area contributed by atoms with Crippen LogP contribution in [0, 0.1) is 5.92 Å². The standard InChI is InChI=1S/C22H37N5O.HI/c1-19-4-2-10-27(17-19)18-21-7-5-20(6-8-21)16-25-22(23)24-9-3-11-26-12-14-28-15-13-26;/h5-8,19H,2-4,9-18H2,1H3,(H3,23,24,25);1H. The summed E-state index contributed by atoms with van der Waals surface area (Å²) in [6.45, 7) is 12.2. The highest BCUT2D eigenvalue weighted by Crippen LogP contribution is 2.18. The predicted octanol–water partition coefficient (Wildman–Crippen LogP) is 2.66. The summed E-state index contributed by atoms with van der Waals surface area (Å²) in [5.41, 5.74) is 8.59. The Balaban J connectivity index is 0.00000300. The number of halogens is 1. The average molecular weight is 515 g/mol. The molecule has 7 heteroatoms. The van der Waals surface area contributed by atoms with E-state index < -0.39 is 0 Å². The van der Waals surface area contributed by atoms with Crippen LogP contribution in [0.1, 0.15) is 37.3 Å². The summed E-state index contributed by atoms with van der Waals surface area (Å²) in [7, 11) is 0. The van der Waals surface area contributed by atoms with Gasteiger partial charge in [0, 0.05) is 32.7 Å². The van der Waals surface area contributed by atoms with Crippen molar-refractivity contribution in [3.8, 4) is 0 Å². The van der Waals surface area contributed by atoms with Crippen molar-refractivity contribution in [3.63, 3.8) is 0 Å². The van der Waals surface area contributed by atoms with E-state index in [0.717, 1.165) is 58.3 Å². The molecule has 0 aliphatic carbocycles. The van der Waals surface area contributed by atoms with Crippen LogP contribution in [0.2, 0.25) is 0 Å². The van der Waals surface area contributed by atoms with Gasteiger partial charge in [0.05, 0.1) is 19.8 Å². The van der Waals surface area contributed by atoms with Crippen LogP contribution in [-0.4, -0.2) is 68.2 Å². The van der Waals surface area contributed by atoms with Crippen LogP contribution in [0.15, 0.2) is 29.3 Å². The van der Waals surface area contributed by atoms with Crippen molar-refractivity contribution in [3.05, 3.63) is 35.4 Å². The van der Waals surface area contributed by atoms with Crippen LogP contribution in [0.25, 0.3) is 0 Å². The van der Waals surface area contributed by atoms with Crippen LogP contribution in [0.3, 0.4) is 0 Å². The fraction of sp³-hybridized carbons (Fsp3) is 0.682. The lowest BCUT2D eigenvalue weighted by molar-refractivity contribution is 0.0376. The van der Waals surface area contributed by atoms with Crippen molar-refractivity contribution < 1.29 is 4.74 Å². The quantitative estimate of drug-likeness (QED) is 0.241. The molecule has 3 N–H and O–H groups in total. The van der Waals surface area contributed by atoms with E-state index in [1.807, 2.05) is 0 Å². The zero-order valence-electron chi connectivity index (χ0n) is 17.8. The number of hydrogen-bond acceptors (Lipinski definition) is 4. The first kappa shape index (κ1) is 24.4. The normalized spacial score (nSPS) is 21.6. The van der Waals surface area contributed by atoms with Gasteiger partial charge in [0.15, 0.2) is 5.96 Å².